The van der Waals surface area contributed by atoms with E-state index in [2.05, 4.69) is 0 Å². The van der Waals surface area contributed by atoms with Crippen LogP contribution >= 0.6 is 0 Å². The summed E-state index contributed by atoms with van der Waals surface area (Å²) in [6.45, 7) is 0. The smallest absolute Gasteiger partial charge is 0 e. The zero-order valence-corrected chi connectivity index (χ0v) is 9.96. The monoisotopic (exact) mass is 324 g/mol. The fourth-order valence-corrected chi connectivity index (χ4v) is 0.219. The normalized spacial score (nSPS) is 3.67. The Morgan fingerprint density at radius 2 is 1.50 bits per heavy atom. The zero-order chi connectivity index (χ0) is 4.12. The van der Waals surface area contributed by atoms with Crippen molar-refractivity contribution < 1.29 is 19.5 Å². The quantitative estimate of drug-likeness (QED) is 0.572. The zero-order valence-electron chi connectivity index (χ0n) is 3.10. The van der Waals surface area contributed by atoms with Crippen LogP contribution in [0.5, 0.6) is 0 Å². The van der Waals surface area contributed by atoms with Gasteiger partial charge in [-0.3, -0.25) is 0 Å². The van der Waals surface area contributed by atoms with Crippen LogP contribution in [-0.4, -0.2) is 24.2 Å². The Morgan fingerprint density at radius 3 is 1.50 bits per heavy atom. The first-order valence-electron chi connectivity index (χ1n) is 0.947. The fourth-order valence-electron chi connectivity index (χ4n) is 0.0250. The molecule has 0 rings (SSSR count). The molecule has 2 radical (unpaired) electrons. The Hall–Kier alpha value is 0.525. The molecule has 24 valence electrons. The summed E-state index contributed by atoms with van der Waals surface area (Å²) in [5, 5.41) is 15.4. The molecule has 0 N–H and O–H groups in total. The van der Waals surface area contributed by atoms with E-state index in [1.54, 1.807) is 0 Å². The van der Waals surface area contributed by atoms with Crippen molar-refractivity contribution in [3.8, 4) is 7.26 Å². The summed E-state index contributed by atoms with van der Waals surface area (Å²) in [5.41, 5.74) is 0. The third-order valence-corrected chi connectivity index (χ3v) is 0.981. The van der Waals surface area contributed by atoms with Gasteiger partial charge in [-0.2, -0.15) is 0 Å². The molecule has 0 aromatic rings. The molecule has 0 fully saturated rings. The summed E-state index contributed by atoms with van der Waals surface area (Å²) in [6.07, 6.45) is 0. The van der Waals surface area contributed by atoms with Gasteiger partial charge in [0.05, 0.1) is 0 Å². The van der Waals surface area contributed by atoms with Crippen molar-refractivity contribution in [2.45, 2.75) is 0 Å². The summed E-state index contributed by atoms with van der Waals surface area (Å²) in [7, 11) is 0. The van der Waals surface area contributed by atoms with Crippen LogP contribution in [0.2, 0.25) is 0 Å². The molecule has 0 spiro atoms. The van der Waals surface area contributed by atoms with E-state index >= 15 is 0 Å². The van der Waals surface area contributed by atoms with Crippen LogP contribution in [-0.2, 0) is 19.5 Å². The maximum atomic E-state index is 7.68. The fraction of sp³-hybridized carbons (Fsp3) is 0. The van der Waals surface area contributed by atoms with Crippen LogP contribution in [0.3, 0.4) is 0 Å². The van der Waals surface area contributed by atoms with Crippen molar-refractivity contribution >= 4 is 24.2 Å². The summed E-state index contributed by atoms with van der Waals surface area (Å²) in [5.74, 6) is 0. The molecular weight excluding hydrogens is 325 g/mol. The van der Waals surface area contributed by atoms with Crippen molar-refractivity contribution in [3.05, 3.63) is 0 Å². The van der Waals surface area contributed by atoms with Crippen molar-refractivity contribution in [1.29, 1.82) is 10.5 Å². The Balaban J connectivity index is 0. The largest absolute Gasteiger partial charge is 0 e. The molecule has 0 aliphatic carbocycles. The van der Waals surface area contributed by atoms with Gasteiger partial charge in [-0.1, -0.05) is 0 Å². The molecule has 0 aliphatic heterocycles. The van der Waals surface area contributed by atoms with Gasteiger partial charge in [0.25, 0.3) is 0 Å². The number of nitrogens with zero attached hydrogens (tertiary/aromatic N) is 2. The van der Waals surface area contributed by atoms with Gasteiger partial charge in [-0.15, -0.1) is 0 Å². The standard InChI is InChI=1S/2CN.Pb.Zn/c2*1-2;;. The van der Waals surface area contributed by atoms with E-state index in [9.17, 15) is 0 Å². The molecule has 0 bridgehead atoms. The third kappa shape index (κ3) is 8.82. The first-order valence-corrected chi connectivity index (χ1v) is 4.83. The number of rotatable bonds is 0. The number of hydrogen-bond acceptors (Lipinski definition) is 2. The minimum absolute atomic E-state index is 0. The van der Waals surface area contributed by atoms with Crippen LogP contribution in [0.4, 0.5) is 0 Å². The molecule has 6 heavy (non-hydrogen) atoms. The SMILES string of the molecule is N#[C][Pb][C]#N.[Zn]. The molecule has 4 heteroatoms. The van der Waals surface area contributed by atoms with Gasteiger partial charge in [0, 0.05) is 19.5 Å². The second-order valence-corrected chi connectivity index (χ2v) is 3.06. The predicted octanol–water partition coefficient (Wildman–Crippen LogP) is -0.350. The summed E-state index contributed by atoms with van der Waals surface area (Å²) in [4.78, 5) is 0. The van der Waals surface area contributed by atoms with Crippen LogP contribution < -0.4 is 0 Å². The van der Waals surface area contributed by atoms with Gasteiger partial charge >= 0.3 is 42.0 Å². The van der Waals surface area contributed by atoms with E-state index in [4.69, 9.17) is 10.5 Å². The summed E-state index contributed by atoms with van der Waals surface area (Å²) >= 11 is -1.34. The second-order valence-electron chi connectivity index (χ2n) is 0.349. The summed E-state index contributed by atoms with van der Waals surface area (Å²) in [6, 6.07) is 0. The van der Waals surface area contributed by atoms with E-state index < -0.39 is 24.2 Å². The van der Waals surface area contributed by atoms with Crippen LogP contribution in [0, 0.1) is 17.8 Å². The first-order chi connectivity index (χ1) is 2.41. The van der Waals surface area contributed by atoms with E-state index in [0.717, 1.165) is 0 Å². The molecule has 0 aromatic carbocycles. The van der Waals surface area contributed by atoms with E-state index in [1.165, 1.54) is 0 Å². The van der Waals surface area contributed by atoms with Gasteiger partial charge in [0.1, 0.15) is 0 Å². The third-order valence-electron chi connectivity index (χ3n) is 0.112. The van der Waals surface area contributed by atoms with Gasteiger partial charge < -0.3 is 0 Å². The molecule has 0 amide bonds. The van der Waals surface area contributed by atoms with Crippen LogP contribution in [0.25, 0.3) is 0 Å². The summed E-state index contributed by atoms with van der Waals surface area (Å²) < 4.78 is 3.70. The van der Waals surface area contributed by atoms with Crippen LogP contribution in [0.15, 0.2) is 0 Å². The van der Waals surface area contributed by atoms with Gasteiger partial charge in [0.15, 0.2) is 0 Å². The molecule has 0 heterocycles. The maximum absolute atomic E-state index is 7.68. The minimum Gasteiger partial charge on any atom is 0 e. The van der Waals surface area contributed by atoms with E-state index in [0.29, 0.717) is 0 Å². The minimum atomic E-state index is -1.34. The Labute approximate surface area is 61.1 Å². The van der Waals surface area contributed by atoms with Crippen molar-refractivity contribution in [3.63, 3.8) is 0 Å². The molecule has 0 unspecified atom stereocenters. The van der Waals surface area contributed by atoms with Gasteiger partial charge in [-0.05, 0) is 0 Å². The number of nitriles is 2. The van der Waals surface area contributed by atoms with Crippen molar-refractivity contribution in [2.75, 3.05) is 0 Å². The molecular formula is C2N2PbZn. The molecule has 2 nitrogen and oxygen atoms in total. The number of hydrogen-bond donors (Lipinski definition) is 0. The van der Waals surface area contributed by atoms with Gasteiger partial charge in [0.2, 0.25) is 0 Å². The molecule has 0 atom stereocenters. The van der Waals surface area contributed by atoms with Crippen molar-refractivity contribution in [2.24, 2.45) is 0 Å². The van der Waals surface area contributed by atoms with E-state index in [-0.39, 0.29) is 19.5 Å². The second kappa shape index (κ2) is 9.10. The molecule has 0 aliphatic rings. The predicted molar refractivity (Wildman–Crippen MR) is 17.0 cm³/mol. The Bertz CT molecular complexity index is 76.7. The van der Waals surface area contributed by atoms with Gasteiger partial charge in [-0.25, -0.2) is 0 Å². The average molecular weight is 325 g/mol. The Kier molecular flexibility index (Phi) is 14.8. The van der Waals surface area contributed by atoms with Crippen molar-refractivity contribution in [1.82, 2.24) is 0 Å². The topological polar surface area (TPSA) is 47.6 Å². The molecule has 0 saturated carbocycles. The maximum Gasteiger partial charge on any atom is 0 e. The van der Waals surface area contributed by atoms with Crippen LogP contribution in [0.1, 0.15) is 0 Å². The Morgan fingerprint density at radius 1 is 1.17 bits per heavy atom. The molecule has 0 aromatic heterocycles. The molecule has 0 saturated heterocycles. The average Bonchev–Trinajstić information content (AvgIpc) is 1.41. The first kappa shape index (κ1) is 9.73. The van der Waals surface area contributed by atoms with E-state index in [1.807, 2.05) is 7.26 Å².